The lowest BCUT2D eigenvalue weighted by molar-refractivity contribution is -0.119. The lowest BCUT2D eigenvalue weighted by atomic mass is 9.87. The van der Waals surface area contributed by atoms with Crippen molar-refractivity contribution >= 4 is 49.9 Å². The monoisotopic (exact) mass is 626 g/mol. The molecule has 1 aliphatic rings. The molecule has 230 valence electrons. The van der Waals surface area contributed by atoms with Crippen molar-refractivity contribution < 1.29 is 32.3 Å². The number of thiophene rings is 1. The molecule has 1 heterocycles. The summed E-state index contributed by atoms with van der Waals surface area (Å²) in [5.41, 5.74) is 2.39. The van der Waals surface area contributed by atoms with Crippen molar-refractivity contribution in [3.63, 3.8) is 0 Å². The second-order valence-corrected chi connectivity index (χ2v) is 14.5. The SMILES string of the molecule is CCOC(=O)c1c(NC(=O)COC(=O)c2ccccc2NS(=O)(=O)c2cc(C(C)(C)C)ccc2C)sc2c1CCC(C)C2. The maximum atomic E-state index is 13.4. The third-order valence-corrected chi connectivity index (χ3v) is 9.99. The fourth-order valence-electron chi connectivity index (χ4n) is 4.94. The van der Waals surface area contributed by atoms with Gasteiger partial charge in [0, 0.05) is 4.88 Å². The van der Waals surface area contributed by atoms with E-state index in [1.165, 1.54) is 23.5 Å². The van der Waals surface area contributed by atoms with Gasteiger partial charge in [-0.2, -0.15) is 0 Å². The Bertz CT molecular complexity index is 1650. The topological polar surface area (TPSA) is 128 Å². The summed E-state index contributed by atoms with van der Waals surface area (Å²) in [4.78, 5) is 39.8. The molecule has 1 aliphatic carbocycles. The second-order valence-electron chi connectivity index (χ2n) is 11.8. The van der Waals surface area contributed by atoms with Gasteiger partial charge in [0.05, 0.1) is 28.3 Å². The van der Waals surface area contributed by atoms with E-state index in [9.17, 15) is 22.8 Å². The quantitative estimate of drug-likeness (QED) is 0.269. The summed E-state index contributed by atoms with van der Waals surface area (Å²) in [6.45, 7) is 11.1. The van der Waals surface area contributed by atoms with Gasteiger partial charge in [-0.25, -0.2) is 18.0 Å². The van der Waals surface area contributed by atoms with Crippen LogP contribution in [0.5, 0.6) is 0 Å². The molecule has 4 rings (SSSR count). The molecule has 0 fully saturated rings. The first kappa shape index (κ1) is 32.2. The summed E-state index contributed by atoms with van der Waals surface area (Å²) >= 11 is 1.34. The molecule has 11 heteroatoms. The van der Waals surface area contributed by atoms with E-state index in [4.69, 9.17) is 9.47 Å². The van der Waals surface area contributed by atoms with Crippen molar-refractivity contribution in [2.45, 2.75) is 71.1 Å². The highest BCUT2D eigenvalue weighted by Crippen LogP contribution is 2.40. The van der Waals surface area contributed by atoms with E-state index in [-0.39, 0.29) is 28.2 Å². The predicted octanol–water partition coefficient (Wildman–Crippen LogP) is 6.25. The van der Waals surface area contributed by atoms with E-state index in [0.717, 1.165) is 35.3 Å². The van der Waals surface area contributed by atoms with Gasteiger partial charge < -0.3 is 14.8 Å². The van der Waals surface area contributed by atoms with E-state index in [1.807, 2.05) is 26.8 Å². The minimum Gasteiger partial charge on any atom is -0.462 e. The van der Waals surface area contributed by atoms with Crippen LogP contribution in [0.2, 0.25) is 0 Å². The third-order valence-electron chi connectivity index (χ3n) is 7.31. The molecule has 0 aliphatic heterocycles. The maximum Gasteiger partial charge on any atom is 0.341 e. The van der Waals surface area contributed by atoms with Crippen LogP contribution in [-0.2, 0) is 42.5 Å². The molecule has 2 aromatic carbocycles. The fraction of sp³-hybridized carbons (Fsp3) is 0.406. The molecular formula is C32H38N2O7S2. The number of rotatable bonds is 9. The number of carbonyl (C=O) groups excluding carboxylic acids is 3. The predicted molar refractivity (Wildman–Crippen MR) is 168 cm³/mol. The van der Waals surface area contributed by atoms with Crippen molar-refractivity contribution in [3.8, 4) is 0 Å². The highest BCUT2D eigenvalue weighted by Gasteiger charge is 2.30. The van der Waals surface area contributed by atoms with Crippen molar-refractivity contribution in [2.24, 2.45) is 5.92 Å². The molecular weight excluding hydrogens is 588 g/mol. The van der Waals surface area contributed by atoms with Gasteiger partial charge in [-0.15, -0.1) is 11.3 Å². The lowest BCUT2D eigenvalue weighted by Gasteiger charge is -2.21. The van der Waals surface area contributed by atoms with Gasteiger partial charge >= 0.3 is 11.9 Å². The van der Waals surface area contributed by atoms with E-state index in [1.54, 1.807) is 38.1 Å². The van der Waals surface area contributed by atoms with E-state index < -0.39 is 34.5 Å². The van der Waals surface area contributed by atoms with E-state index in [2.05, 4.69) is 17.0 Å². The fourth-order valence-corrected chi connectivity index (χ4v) is 7.70. The zero-order valence-electron chi connectivity index (χ0n) is 25.3. The number of esters is 2. The Labute approximate surface area is 257 Å². The number of hydrogen-bond donors (Lipinski definition) is 2. The maximum absolute atomic E-state index is 13.4. The lowest BCUT2D eigenvalue weighted by Crippen LogP contribution is -2.23. The smallest absolute Gasteiger partial charge is 0.341 e. The number of anilines is 2. The zero-order chi connectivity index (χ0) is 31.5. The van der Waals surface area contributed by atoms with Crippen molar-refractivity contribution in [1.29, 1.82) is 0 Å². The number of sulfonamides is 1. The van der Waals surface area contributed by atoms with Crippen molar-refractivity contribution in [1.82, 2.24) is 0 Å². The van der Waals surface area contributed by atoms with Gasteiger partial charge in [-0.1, -0.05) is 52.0 Å². The summed E-state index contributed by atoms with van der Waals surface area (Å²) < 4.78 is 39.9. The van der Waals surface area contributed by atoms with Crippen LogP contribution < -0.4 is 10.0 Å². The van der Waals surface area contributed by atoms with Crippen molar-refractivity contribution in [3.05, 3.63) is 75.2 Å². The Balaban J connectivity index is 1.49. The van der Waals surface area contributed by atoms with Crippen LogP contribution in [0.4, 0.5) is 10.7 Å². The molecule has 1 atom stereocenters. The number of nitrogens with one attached hydrogen (secondary N) is 2. The first-order chi connectivity index (χ1) is 20.2. The Morgan fingerprint density at radius 2 is 1.77 bits per heavy atom. The molecule has 0 spiro atoms. The number of para-hydroxylation sites is 1. The summed E-state index contributed by atoms with van der Waals surface area (Å²) in [6, 6.07) is 11.3. The first-order valence-corrected chi connectivity index (χ1v) is 16.5. The van der Waals surface area contributed by atoms with Crippen LogP contribution in [0.1, 0.15) is 83.3 Å². The van der Waals surface area contributed by atoms with Gasteiger partial charge in [0.2, 0.25) is 0 Å². The highest BCUT2D eigenvalue weighted by atomic mass is 32.2. The second kappa shape index (κ2) is 12.9. The third kappa shape index (κ3) is 7.45. The number of amides is 1. The van der Waals surface area contributed by atoms with Gasteiger partial charge in [0.1, 0.15) is 5.00 Å². The molecule has 1 unspecified atom stereocenters. The standard InChI is InChI=1S/C32H38N2O7S2/c1-7-40-31(37)28-23-15-12-19(2)16-25(23)42-29(28)33-27(35)18-41-30(36)22-10-8-9-11-24(22)34-43(38,39)26-17-21(32(4,5)6)14-13-20(26)3/h8-11,13-14,17,19,34H,7,12,15-16,18H2,1-6H3,(H,33,35). The molecule has 3 aromatic rings. The average molecular weight is 627 g/mol. The largest absolute Gasteiger partial charge is 0.462 e. The normalized spacial score (nSPS) is 14.9. The summed E-state index contributed by atoms with van der Waals surface area (Å²) in [5.74, 6) is -1.53. The molecule has 9 nitrogen and oxygen atoms in total. The number of ether oxygens (including phenoxy) is 2. The molecule has 2 N–H and O–H groups in total. The Hall–Kier alpha value is -3.70. The van der Waals surface area contributed by atoms with Crippen LogP contribution >= 0.6 is 11.3 Å². The molecule has 43 heavy (non-hydrogen) atoms. The van der Waals surface area contributed by atoms with Gasteiger partial charge in [-0.3, -0.25) is 9.52 Å². The number of aryl methyl sites for hydroxylation is 1. The Morgan fingerprint density at radius 3 is 2.47 bits per heavy atom. The summed E-state index contributed by atoms with van der Waals surface area (Å²) in [6.07, 6.45) is 2.47. The van der Waals surface area contributed by atoms with Gasteiger partial charge in [0.15, 0.2) is 6.61 Å². The molecule has 0 saturated heterocycles. The molecule has 0 radical (unpaired) electrons. The first-order valence-electron chi connectivity index (χ1n) is 14.2. The van der Waals surface area contributed by atoms with E-state index in [0.29, 0.717) is 22.0 Å². The Morgan fingerprint density at radius 1 is 1.05 bits per heavy atom. The van der Waals surface area contributed by atoms with E-state index >= 15 is 0 Å². The minimum atomic E-state index is -4.06. The van der Waals surface area contributed by atoms with Gasteiger partial charge in [0.25, 0.3) is 15.9 Å². The highest BCUT2D eigenvalue weighted by molar-refractivity contribution is 7.92. The minimum absolute atomic E-state index is 0.0260. The van der Waals surface area contributed by atoms with Crippen molar-refractivity contribution in [2.75, 3.05) is 23.3 Å². The molecule has 0 bridgehead atoms. The van der Waals surface area contributed by atoms with Crippen LogP contribution in [0.25, 0.3) is 0 Å². The van der Waals surface area contributed by atoms with Gasteiger partial charge in [-0.05, 0) is 79.3 Å². The number of carbonyl (C=O) groups is 3. The molecule has 1 amide bonds. The van der Waals surface area contributed by atoms with Crippen LogP contribution in [0.3, 0.4) is 0 Å². The number of fused-ring (bicyclic) bond motifs is 1. The molecule has 1 aromatic heterocycles. The molecule has 0 saturated carbocycles. The summed E-state index contributed by atoms with van der Waals surface area (Å²) in [7, 11) is -4.06. The average Bonchev–Trinajstić information content (AvgIpc) is 3.28. The van der Waals surface area contributed by atoms with Crippen LogP contribution in [0.15, 0.2) is 47.4 Å². The Kier molecular flexibility index (Phi) is 9.66. The van der Waals surface area contributed by atoms with Crippen LogP contribution in [0, 0.1) is 12.8 Å². The zero-order valence-corrected chi connectivity index (χ0v) is 27.0. The summed E-state index contributed by atoms with van der Waals surface area (Å²) in [5, 5.41) is 3.09. The van der Waals surface area contributed by atoms with Crippen LogP contribution in [-0.4, -0.2) is 39.5 Å². The number of benzene rings is 2. The number of hydrogen-bond acceptors (Lipinski definition) is 8.